The number of carbonyl (C=O) groups is 3. The summed E-state index contributed by atoms with van der Waals surface area (Å²) in [6.07, 6.45) is 1.44. The van der Waals surface area contributed by atoms with Crippen molar-refractivity contribution in [3.05, 3.63) is 54.1 Å². The third kappa shape index (κ3) is 10.8. The van der Waals surface area contributed by atoms with Crippen LogP contribution in [0.2, 0.25) is 0 Å². The summed E-state index contributed by atoms with van der Waals surface area (Å²) in [7, 11) is -4.48. The first-order chi connectivity index (χ1) is 20.4. The molecule has 0 unspecified atom stereocenters. The average molecular weight is 617 g/mol. The lowest BCUT2D eigenvalue weighted by Crippen LogP contribution is -2.62. The van der Waals surface area contributed by atoms with Crippen LogP contribution in [0.3, 0.4) is 0 Å². The molecule has 232 valence electrons. The van der Waals surface area contributed by atoms with Crippen LogP contribution < -0.4 is 4.74 Å². The minimum atomic E-state index is -4.48. The Kier molecular flexibility index (Phi) is 12.3. The second kappa shape index (κ2) is 15.7. The van der Waals surface area contributed by atoms with Crippen molar-refractivity contribution in [1.29, 1.82) is 0 Å². The molecule has 0 saturated carbocycles. The fraction of sp³-hybridized carbons (Fsp3) is 0.452. The Morgan fingerprint density at radius 3 is 2.12 bits per heavy atom. The number of unbranched alkanes of at least 4 members (excludes halogenated alkanes) is 2. The highest BCUT2D eigenvalue weighted by atomic mass is 31.2. The Balaban J connectivity index is 1.87. The van der Waals surface area contributed by atoms with Gasteiger partial charge >= 0.3 is 25.5 Å². The number of ether oxygens (including phenoxy) is 5. The van der Waals surface area contributed by atoms with E-state index in [2.05, 4.69) is 18.1 Å². The molecule has 1 saturated heterocycles. The van der Waals surface area contributed by atoms with Crippen LogP contribution in [0.1, 0.15) is 52.0 Å². The number of esters is 3. The molecule has 5 atom stereocenters. The topological polar surface area (TPSA) is 155 Å². The Bertz CT molecular complexity index is 1340. The highest BCUT2D eigenvalue weighted by molar-refractivity contribution is 7.51. The molecule has 0 aliphatic carbocycles. The summed E-state index contributed by atoms with van der Waals surface area (Å²) in [5.41, 5.74) is 3.12. The molecule has 2 aromatic carbocycles. The molecule has 0 spiro atoms. The van der Waals surface area contributed by atoms with Gasteiger partial charge in [-0.1, -0.05) is 36.4 Å². The quantitative estimate of drug-likeness (QED) is 0.110. The van der Waals surface area contributed by atoms with Gasteiger partial charge in [-0.3, -0.25) is 18.9 Å². The van der Waals surface area contributed by atoms with Gasteiger partial charge < -0.3 is 33.5 Å². The smallest absolute Gasteiger partial charge is 0.325 e. The summed E-state index contributed by atoms with van der Waals surface area (Å²) in [5, 5.41) is 0. The largest absolute Gasteiger partial charge is 0.461 e. The Labute approximate surface area is 251 Å². The average Bonchev–Trinajstić information content (AvgIpc) is 2.93. The summed E-state index contributed by atoms with van der Waals surface area (Å²) >= 11 is 0. The molecular weight excluding hydrogens is 579 g/mol. The van der Waals surface area contributed by atoms with E-state index >= 15 is 0 Å². The zero-order valence-electron chi connectivity index (χ0n) is 24.3. The van der Waals surface area contributed by atoms with Gasteiger partial charge in [0.15, 0.2) is 12.2 Å². The van der Waals surface area contributed by atoms with Crippen LogP contribution in [0.15, 0.2) is 48.5 Å². The Hall–Kier alpha value is -3.68. The van der Waals surface area contributed by atoms with Gasteiger partial charge in [-0.2, -0.15) is 0 Å². The minimum absolute atomic E-state index is 0.273. The summed E-state index contributed by atoms with van der Waals surface area (Å²) in [4.78, 5) is 54.9. The first-order valence-electron chi connectivity index (χ1n) is 13.9. The molecule has 1 heterocycles. The summed E-state index contributed by atoms with van der Waals surface area (Å²) in [6, 6.07) is 15.2. The van der Waals surface area contributed by atoms with Crippen molar-refractivity contribution >= 4 is 25.5 Å². The van der Waals surface area contributed by atoms with Crippen molar-refractivity contribution in [2.45, 2.75) is 83.6 Å². The highest BCUT2D eigenvalue weighted by Crippen LogP contribution is 2.39. The first-order valence-corrected chi connectivity index (χ1v) is 15.7. The second-order valence-electron chi connectivity index (χ2n) is 10.2. The van der Waals surface area contributed by atoms with Crippen LogP contribution in [-0.4, -0.2) is 64.6 Å². The number of hydrogen-bond acceptors (Lipinski definition) is 9. The van der Waals surface area contributed by atoms with E-state index in [0.29, 0.717) is 5.75 Å². The molecule has 0 radical (unpaired) electrons. The lowest BCUT2D eigenvalue weighted by molar-refractivity contribution is -0.283. The molecule has 2 N–H and O–H groups in total. The van der Waals surface area contributed by atoms with Gasteiger partial charge in [0.25, 0.3) is 0 Å². The molecular formula is C31H37O11P. The number of benzene rings is 2. The highest BCUT2D eigenvalue weighted by Gasteiger charge is 2.53. The van der Waals surface area contributed by atoms with Crippen molar-refractivity contribution in [2.75, 3.05) is 6.16 Å². The van der Waals surface area contributed by atoms with Crippen LogP contribution in [-0.2, 0) is 44.3 Å². The van der Waals surface area contributed by atoms with E-state index in [-0.39, 0.29) is 6.42 Å². The van der Waals surface area contributed by atoms with Crippen LogP contribution in [0.4, 0.5) is 0 Å². The molecule has 0 aromatic heterocycles. The maximum absolute atomic E-state index is 12.0. The normalized spacial score (nSPS) is 21.7. The molecule has 43 heavy (non-hydrogen) atoms. The van der Waals surface area contributed by atoms with E-state index in [9.17, 15) is 28.7 Å². The van der Waals surface area contributed by atoms with Crippen molar-refractivity contribution in [3.8, 4) is 29.2 Å². The second-order valence-corrected chi connectivity index (χ2v) is 12.0. The molecule has 1 aliphatic rings. The van der Waals surface area contributed by atoms with E-state index in [1.807, 2.05) is 24.3 Å². The summed E-state index contributed by atoms with van der Waals surface area (Å²) < 4.78 is 39.9. The van der Waals surface area contributed by atoms with Crippen molar-refractivity contribution < 1.29 is 52.4 Å². The summed E-state index contributed by atoms with van der Waals surface area (Å²) in [5.74, 6) is 0.694. The van der Waals surface area contributed by atoms with Gasteiger partial charge in [0.1, 0.15) is 11.9 Å². The van der Waals surface area contributed by atoms with Crippen molar-refractivity contribution in [2.24, 2.45) is 0 Å². The van der Waals surface area contributed by atoms with Crippen LogP contribution >= 0.6 is 7.60 Å². The molecule has 0 amide bonds. The van der Waals surface area contributed by atoms with E-state index in [0.717, 1.165) is 57.6 Å². The minimum Gasteiger partial charge on any atom is -0.461 e. The molecule has 3 rings (SSSR count). The lowest BCUT2D eigenvalue weighted by atomic mass is 9.96. The number of terminal acetylenes is 1. The number of aryl methyl sites for hydroxylation is 1. The van der Waals surface area contributed by atoms with Gasteiger partial charge in [0.2, 0.25) is 12.4 Å². The van der Waals surface area contributed by atoms with Crippen molar-refractivity contribution in [3.63, 3.8) is 0 Å². The van der Waals surface area contributed by atoms with E-state index in [4.69, 9.17) is 30.1 Å². The number of hydrogen-bond donors (Lipinski definition) is 2. The molecule has 11 nitrogen and oxygen atoms in total. The molecule has 0 bridgehead atoms. The third-order valence-electron chi connectivity index (χ3n) is 6.61. The van der Waals surface area contributed by atoms with Gasteiger partial charge in [-0.05, 0) is 54.5 Å². The zero-order chi connectivity index (χ0) is 31.6. The molecule has 1 aliphatic heterocycles. The van der Waals surface area contributed by atoms with Gasteiger partial charge in [0, 0.05) is 27.2 Å². The zero-order valence-corrected chi connectivity index (χ0v) is 25.2. The fourth-order valence-electron chi connectivity index (χ4n) is 4.80. The first kappa shape index (κ1) is 33.8. The number of rotatable bonds is 13. The van der Waals surface area contributed by atoms with Gasteiger partial charge in [0.05, 0.1) is 6.16 Å². The fourth-order valence-corrected chi connectivity index (χ4v) is 5.39. The van der Waals surface area contributed by atoms with E-state index in [1.54, 1.807) is 12.1 Å². The van der Waals surface area contributed by atoms with E-state index < -0.39 is 62.4 Å². The summed E-state index contributed by atoms with van der Waals surface area (Å²) in [6.45, 7) is 3.38. The predicted molar refractivity (Wildman–Crippen MR) is 156 cm³/mol. The SMILES string of the molecule is C#CCCCCc1cccc(-c2ccc(O[C@H]3O[C@H](CCP(=O)(O)O)[C@@H](OC(C)=O)[C@H](OC(C)=O)[C@@H]3OC(C)=O)cc2)c1. The molecule has 2 aromatic rings. The maximum atomic E-state index is 12.0. The number of carbonyl (C=O) groups excluding carboxylic acids is 3. The maximum Gasteiger partial charge on any atom is 0.325 e. The lowest BCUT2D eigenvalue weighted by Gasteiger charge is -2.44. The Morgan fingerprint density at radius 2 is 1.51 bits per heavy atom. The van der Waals surface area contributed by atoms with Crippen LogP contribution in [0.5, 0.6) is 5.75 Å². The monoisotopic (exact) mass is 616 g/mol. The van der Waals surface area contributed by atoms with Crippen molar-refractivity contribution in [1.82, 2.24) is 0 Å². The van der Waals surface area contributed by atoms with Gasteiger partial charge in [-0.25, -0.2) is 0 Å². The molecule has 1 fully saturated rings. The molecule has 12 heteroatoms. The third-order valence-corrected chi connectivity index (χ3v) is 7.45. The van der Waals surface area contributed by atoms with Crippen LogP contribution in [0, 0.1) is 12.3 Å². The predicted octanol–water partition coefficient (Wildman–Crippen LogP) is 4.17. The standard InChI is InChI=1S/C31H37O11P/c1-5-6-7-8-10-23-11-9-12-25(19-23)24-13-15-26(16-14-24)41-31-30(40-22(4)34)29(39-21(3)33)28(38-20(2)32)27(42-31)17-18-43(35,36)37/h1,9,11-16,19,27-31H,6-8,10,17-18H2,2-4H3,(H2,35,36,37)/t27-,28-,29+,30+,31+/m1/s1. The van der Waals surface area contributed by atoms with Gasteiger partial charge in [-0.15, -0.1) is 12.3 Å². The van der Waals surface area contributed by atoms with Crippen LogP contribution in [0.25, 0.3) is 11.1 Å². The Morgan fingerprint density at radius 1 is 0.884 bits per heavy atom. The van der Waals surface area contributed by atoms with E-state index in [1.165, 1.54) is 5.56 Å².